The molecule has 0 radical (unpaired) electrons. The minimum Gasteiger partial charge on any atom is -0.508 e. The number of aryl methyl sites for hydroxylation is 1. The van der Waals surface area contributed by atoms with Gasteiger partial charge in [-0.25, -0.2) is 8.78 Å². The molecule has 3 fully saturated rings. The second-order valence-corrected chi connectivity index (χ2v) is 13.4. The minimum atomic E-state index is -0.870. The molecular formula is C33H42F2N6O2. The zero-order chi connectivity index (χ0) is 29.9. The third kappa shape index (κ3) is 4.81. The summed E-state index contributed by atoms with van der Waals surface area (Å²) < 4.78 is 37.3. The van der Waals surface area contributed by atoms with Crippen LogP contribution in [0.15, 0.2) is 18.3 Å². The molecule has 2 saturated heterocycles. The Bertz CT molecular complexity index is 1550. The van der Waals surface area contributed by atoms with Crippen molar-refractivity contribution in [3.63, 3.8) is 0 Å². The van der Waals surface area contributed by atoms with Crippen molar-refractivity contribution in [2.75, 3.05) is 45.7 Å². The van der Waals surface area contributed by atoms with Crippen molar-refractivity contribution in [3.8, 4) is 23.0 Å². The van der Waals surface area contributed by atoms with Gasteiger partial charge in [0.2, 0.25) is 0 Å². The van der Waals surface area contributed by atoms with Gasteiger partial charge in [0.15, 0.2) is 5.82 Å². The largest absolute Gasteiger partial charge is 0.508 e. The third-order valence-electron chi connectivity index (χ3n) is 10.9. The molecule has 0 bridgehead atoms. The molecule has 0 amide bonds. The van der Waals surface area contributed by atoms with Crippen LogP contribution >= 0.6 is 0 Å². The molecule has 1 unspecified atom stereocenters. The lowest BCUT2D eigenvalue weighted by atomic mass is 9.75. The van der Waals surface area contributed by atoms with Crippen LogP contribution in [0.5, 0.6) is 11.8 Å². The number of aromatic nitrogens is 3. The van der Waals surface area contributed by atoms with Crippen LogP contribution in [0, 0.1) is 5.82 Å². The molecule has 7 rings (SSSR count). The molecule has 8 nitrogen and oxygen atoms in total. The summed E-state index contributed by atoms with van der Waals surface area (Å²) in [5, 5.41) is 14.5. The van der Waals surface area contributed by atoms with Crippen molar-refractivity contribution in [2.24, 2.45) is 0 Å². The summed E-state index contributed by atoms with van der Waals surface area (Å²) in [6.07, 6.45) is 9.12. The molecule has 1 saturated carbocycles. The van der Waals surface area contributed by atoms with E-state index in [0.717, 1.165) is 62.6 Å². The lowest BCUT2D eigenvalue weighted by Crippen LogP contribution is -2.54. The fraction of sp³-hybridized carbons (Fsp3) is 0.606. The number of hydrogen-bond acceptors (Lipinski definition) is 8. The van der Waals surface area contributed by atoms with Crippen LogP contribution in [0.3, 0.4) is 0 Å². The van der Waals surface area contributed by atoms with E-state index in [2.05, 4.69) is 46.1 Å². The molecule has 10 heteroatoms. The summed E-state index contributed by atoms with van der Waals surface area (Å²) in [6.45, 7) is 4.33. The first kappa shape index (κ1) is 28.6. The molecule has 1 aromatic carbocycles. The van der Waals surface area contributed by atoms with E-state index in [4.69, 9.17) is 9.72 Å². The van der Waals surface area contributed by atoms with Crippen LogP contribution in [-0.4, -0.2) is 87.4 Å². The summed E-state index contributed by atoms with van der Waals surface area (Å²) in [6, 6.07) is 3.50. The number of alkyl halides is 1. The SMILES string of the molecule is CCC1CCc2cc(O)cc(-c3ncc4c(NCC5(N(C)C)CCC5)nc(OC[C@@]56CCCN5C[C@H](F)C6)nc4c3F)c21. The number of pyridine rings is 1. The Kier molecular flexibility index (Phi) is 7.20. The Balaban J connectivity index is 1.30. The maximum absolute atomic E-state index is 16.6. The maximum Gasteiger partial charge on any atom is 0.319 e. The first-order valence-corrected chi connectivity index (χ1v) is 15.9. The lowest BCUT2D eigenvalue weighted by Gasteiger charge is -2.47. The Morgan fingerprint density at radius 3 is 2.77 bits per heavy atom. The normalized spacial score (nSPS) is 26.1. The van der Waals surface area contributed by atoms with E-state index in [9.17, 15) is 9.50 Å². The first-order chi connectivity index (χ1) is 20.7. The Hall–Kier alpha value is -3.11. The smallest absolute Gasteiger partial charge is 0.319 e. The van der Waals surface area contributed by atoms with Crippen molar-refractivity contribution in [2.45, 2.75) is 87.9 Å². The van der Waals surface area contributed by atoms with E-state index in [1.165, 1.54) is 6.42 Å². The fourth-order valence-electron chi connectivity index (χ4n) is 8.15. The van der Waals surface area contributed by atoms with Crippen molar-refractivity contribution < 1.29 is 18.6 Å². The Morgan fingerprint density at radius 1 is 1.19 bits per heavy atom. The molecule has 2 aromatic heterocycles. The number of hydrogen-bond donors (Lipinski definition) is 2. The predicted molar refractivity (Wildman–Crippen MR) is 163 cm³/mol. The van der Waals surface area contributed by atoms with Gasteiger partial charge >= 0.3 is 6.01 Å². The highest BCUT2D eigenvalue weighted by atomic mass is 19.1. The van der Waals surface area contributed by atoms with Gasteiger partial charge in [0.05, 0.1) is 10.9 Å². The molecular weight excluding hydrogens is 550 g/mol. The first-order valence-electron chi connectivity index (χ1n) is 15.9. The summed E-state index contributed by atoms with van der Waals surface area (Å²) in [7, 11) is 4.18. The molecule has 2 aliphatic heterocycles. The molecule has 2 aliphatic carbocycles. The average molecular weight is 593 g/mol. The fourth-order valence-corrected chi connectivity index (χ4v) is 8.15. The van der Waals surface area contributed by atoms with Crippen LogP contribution in [0.2, 0.25) is 0 Å². The third-order valence-corrected chi connectivity index (χ3v) is 10.9. The molecule has 3 atom stereocenters. The van der Waals surface area contributed by atoms with Crippen LogP contribution in [0.4, 0.5) is 14.6 Å². The second-order valence-electron chi connectivity index (χ2n) is 13.4. The molecule has 4 heterocycles. The number of anilines is 1. The number of ether oxygens (including phenoxy) is 1. The van der Waals surface area contributed by atoms with Crippen molar-refractivity contribution in [3.05, 3.63) is 35.3 Å². The monoisotopic (exact) mass is 592 g/mol. The summed E-state index contributed by atoms with van der Waals surface area (Å²) in [4.78, 5) is 18.4. The Labute approximate surface area is 251 Å². The van der Waals surface area contributed by atoms with E-state index >= 15 is 4.39 Å². The summed E-state index contributed by atoms with van der Waals surface area (Å²) in [5.41, 5.74) is 2.68. The molecule has 0 spiro atoms. The Morgan fingerprint density at radius 2 is 2.02 bits per heavy atom. The van der Waals surface area contributed by atoms with Gasteiger partial charge in [0.1, 0.15) is 35.6 Å². The van der Waals surface area contributed by atoms with Gasteiger partial charge in [-0.3, -0.25) is 9.88 Å². The molecule has 2 N–H and O–H groups in total. The number of aromatic hydroxyl groups is 1. The molecule has 3 aromatic rings. The minimum absolute atomic E-state index is 0.00475. The van der Waals surface area contributed by atoms with Gasteiger partial charge in [-0.05, 0) is 101 Å². The molecule has 43 heavy (non-hydrogen) atoms. The van der Waals surface area contributed by atoms with E-state index < -0.39 is 12.0 Å². The van der Waals surface area contributed by atoms with Gasteiger partial charge in [0, 0.05) is 36.8 Å². The second kappa shape index (κ2) is 10.8. The van der Waals surface area contributed by atoms with Crippen molar-refractivity contribution in [1.82, 2.24) is 24.8 Å². The quantitative estimate of drug-likeness (QED) is 0.321. The number of phenols is 1. The van der Waals surface area contributed by atoms with Crippen LogP contribution in [-0.2, 0) is 6.42 Å². The van der Waals surface area contributed by atoms with E-state index in [0.29, 0.717) is 36.3 Å². The van der Waals surface area contributed by atoms with E-state index in [1.807, 2.05) is 0 Å². The number of rotatable bonds is 9. The molecule has 4 aliphatic rings. The standard InChI is InChI=1S/C33H42F2N6O2/c1-4-20-7-8-21-13-23(42)14-24(26(20)21)28-27(35)29-25(16-36-28)30(37-18-32(40(2)3)9-5-10-32)39-31(38-29)43-19-33-11-6-12-41(33)17-22(34)15-33/h13-14,16,20,22,42H,4-12,15,17-19H2,1-3H3,(H,37,38,39)/t20?,22-,33+/m1/s1. The average Bonchev–Trinajstić information content (AvgIpc) is 3.63. The van der Waals surface area contributed by atoms with Gasteiger partial charge in [-0.1, -0.05) is 6.92 Å². The topological polar surface area (TPSA) is 86.6 Å². The van der Waals surface area contributed by atoms with Crippen molar-refractivity contribution in [1.29, 1.82) is 0 Å². The summed E-state index contributed by atoms with van der Waals surface area (Å²) >= 11 is 0. The predicted octanol–water partition coefficient (Wildman–Crippen LogP) is 5.83. The number of benzene rings is 1. The zero-order valence-corrected chi connectivity index (χ0v) is 25.4. The number of halogens is 2. The maximum atomic E-state index is 16.6. The van der Waals surface area contributed by atoms with Crippen molar-refractivity contribution >= 4 is 16.7 Å². The highest BCUT2D eigenvalue weighted by molar-refractivity contribution is 5.92. The number of nitrogens with one attached hydrogen (secondary N) is 1. The van der Waals surface area contributed by atoms with E-state index in [-0.39, 0.29) is 46.6 Å². The molecule has 230 valence electrons. The van der Waals surface area contributed by atoms with Crippen LogP contribution < -0.4 is 10.1 Å². The number of likely N-dealkylation sites (N-methyl/N-ethyl adjacent to an activating group) is 1. The van der Waals surface area contributed by atoms with E-state index in [1.54, 1.807) is 18.3 Å². The van der Waals surface area contributed by atoms with Gasteiger partial charge in [0.25, 0.3) is 0 Å². The van der Waals surface area contributed by atoms with Gasteiger partial charge in [-0.2, -0.15) is 9.97 Å². The number of fused-ring (bicyclic) bond motifs is 3. The zero-order valence-electron chi connectivity index (χ0n) is 25.4. The highest BCUT2D eigenvalue weighted by Gasteiger charge is 2.49. The highest BCUT2D eigenvalue weighted by Crippen LogP contribution is 2.45. The van der Waals surface area contributed by atoms with Gasteiger partial charge < -0.3 is 20.1 Å². The number of phenolic OH excluding ortho intramolecular Hbond substituents is 1. The number of nitrogens with zero attached hydrogens (tertiary/aromatic N) is 5. The summed E-state index contributed by atoms with van der Waals surface area (Å²) in [5.74, 6) is 0.319. The van der Waals surface area contributed by atoms with Crippen LogP contribution in [0.25, 0.3) is 22.2 Å². The van der Waals surface area contributed by atoms with Crippen LogP contribution in [0.1, 0.15) is 75.3 Å². The lowest BCUT2D eigenvalue weighted by molar-refractivity contribution is 0.0738. The van der Waals surface area contributed by atoms with Gasteiger partial charge in [-0.15, -0.1) is 0 Å².